The maximum absolute atomic E-state index is 13.2. The highest BCUT2D eigenvalue weighted by molar-refractivity contribution is 5.96. The average molecular weight is 263 g/mol. The van der Waals surface area contributed by atoms with E-state index in [2.05, 4.69) is 11.8 Å². The molecule has 4 heteroatoms. The summed E-state index contributed by atoms with van der Waals surface area (Å²) in [4.78, 5) is 14.1. The molecule has 0 spiro atoms. The van der Waals surface area contributed by atoms with Crippen molar-refractivity contribution < 1.29 is 14.3 Å². The molecule has 102 valence electrons. The van der Waals surface area contributed by atoms with Crippen LogP contribution in [0, 0.1) is 17.7 Å². The number of carbonyl (C=O) groups is 1. The Morgan fingerprint density at radius 2 is 2.16 bits per heavy atom. The van der Waals surface area contributed by atoms with Crippen molar-refractivity contribution in [3.05, 3.63) is 35.1 Å². The van der Waals surface area contributed by atoms with Crippen molar-refractivity contribution in [1.29, 1.82) is 0 Å². The Bertz CT molecular complexity index is 515. The van der Waals surface area contributed by atoms with Crippen LogP contribution in [0.25, 0.3) is 0 Å². The van der Waals surface area contributed by atoms with Gasteiger partial charge in [0.05, 0.1) is 5.56 Å². The smallest absolute Gasteiger partial charge is 0.255 e. The van der Waals surface area contributed by atoms with Crippen LogP contribution in [0.5, 0.6) is 0 Å². The zero-order valence-electron chi connectivity index (χ0n) is 11.4. The molecular weight excluding hydrogens is 245 g/mol. The van der Waals surface area contributed by atoms with Gasteiger partial charge in [-0.15, -0.1) is 0 Å². The van der Waals surface area contributed by atoms with Gasteiger partial charge in [0.2, 0.25) is 0 Å². The summed E-state index contributed by atoms with van der Waals surface area (Å²) >= 11 is 0. The highest BCUT2D eigenvalue weighted by Gasteiger charge is 2.19. The molecule has 0 fully saturated rings. The number of aliphatic hydroxyl groups excluding tert-OH is 1. The Morgan fingerprint density at radius 3 is 2.68 bits per heavy atom. The minimum absolute atomic E-state index is 0.0567. The van der Waals surface area contributed by atoms with E-state index in [1.54, 1.807) is 4.90 Å². The lowest BCUT2D eigenvalue weighted by molar-refractivity contribution is 0.0716. The monoisotopic (exact) mass is 263 g/mol. The molecule has 0 saturated heterocycles. The molecule has 0 aliphatic heterocycles. The van der Waals surface area contributed by atoms with Crippen molar-refractivity contribution in [2.45, 2.75) is 26.8 Å². The minimum Gasteiger partial charge on any atom is -0.384 e. The minimum atomic E-state index is -0.452. The van der Waals surface area contributed by atoms with Crippen LogP contribution in [-0.4, -0.2) is 35.1 Å². The standard InChI is InChI=1S/C15H18FNO2/c1-4-17(11(2)3)15(19)14-8-7-13(16)10-12(14)6-5-9-18/h7-8,10-11,18H,4,9H2,1-3H3. The summed E-state index contributed by atoms with van der Waals surface area (Å²) in [5.41, 5.74) is 0.663. The van der Waals surface area contributed by atoms with Crippen molar-refractivity contribution in [3.63, 3.8) is 0 Å². The summed E-state index contributed by atoms with van der Waals surface area (Å²) in [7, 11) is 0. The fraction of sp³-hybridized carbons (Fsp3) is 0.400. The van der Waals surface area contributed by atoms with Crippen molar-refractivity contribution in [2.75, 3.05) is 13.2 Å². The predicted octanol–water partition coefficient (Wildman–Crippen LogP) is 2.04. The van der Waals surface area contributed by atoms with E-state index in [-0.39, 0.29) is 18.6 Å². The summed E-state index contributed by atoms with van der Waals surface area (Å²) in [5.74, 6) is 4.42. The first kappa shape index (κ1) is 15.2. The molecule has 1 amide bonds. The van der Waals surface area contributed by atoms with Gasteiger partial charge in [-0.1, -0.05) is 11.8 Å². The molecule has 0 saturated carbocycles. The molecule has 0 aliphatic rings. The largest absolute Gasteiger partial charge is 0.384 e. The van der Waals surface area contributed by atoms with Gasteiger partial charge in [0.1, 0.15) is 12.4 Å². The van der Waals surface area contributed by atoms with E-state index < -0.39 is 5.82 Å². The van der Waals surface area contributed by atoms with Gasteiger partial charge in [-0.3, -0.25) is 4.79 Å². The number of rotatable bonds is 3. The van der Waals surface area contributed by atoms with E-state index >= 15 is 0 Å². The number of hydrogen-bond donors (Lipinski definition) is 1. The summed E-state index contributed by atoms with van der Waals surface area (Å²) in [5, 5.41) is 8.71. The number of nitrogens with zero attached hydrogens (tertiary/aromatic N) is 1. The van der Waals surface area contributed by atoms with Gasteiger partial charge in [0, 0.05) is 18.2 Å². The topological polar surface area (TPSA) is 40.5 Å². The molecule has 0 bridgehead atoms. The quantitative estimate of drug-likeness (QED) is 0.848. The summed E-state index contributed by atoms with van der Waals surface area (Å²) < 4.78 is 13.2. The van der Waals surface area contributed by atoms with E-state index in [0.29, 0.717) is 17.7 Å². The van der Waals surface area contributed by atoms with Crippen molar-refractivity contribution in [3.8, 4) is 11.8 Å². The number of aliphatic hydroxyl groups is 1. The normalized spacial score (nSPS) is 10.0. The lowest BCUT2D eigenvalue weighted by Crippen LogP contribution is -2.37. The maximum atomic E-state index is 13.2. The Hall–Kier alpha value is -1.86. The molecule has 1 aromatic carbocycles. The third-order valence-electron chi connectivity index (χ3n) is 2.74. The van der Waals surface area contributed by atoms with Crippen LogP contribution in [-0.2, 0) is 0 Å². The van der Waals surface area contributed by atoms with Gasteiger partial charge in [0.15, 0.2) is 0 Å². The van der Waals surface area contributed by atoms with Crippen LogP contribution >= 0.6 is 0 Å². The first-order valence-electron chi connectivity index (χ1n) is 6.21. The first-order chi connectivity index (χ1) is 9.01. The van der Waals surface area contributed by atoms with Crippen LogP contribution in [0.4, 0.5) is 4.39 Å². The molecule has 0 heterocycles. The van der Waals surface area contributed by atoms with Gasteiger partial charge < -0.3 is 10.0 Å². The molecule has 3 nitrogen and oxygen atoms in total. The zero-order valence-corrected chi connectivity index (χ0v) is 11.4. The van der Waals surface area contributed by atoms with Crippen LogP contribution in [0.2, 0.25) is 0 Å². The van der Waals surface area contributed by atoms with E-state index in [1.807, 2.05) is 20.8 Å². The van der Waals surface area contributed by atoms with E-state index in [9.17, 15) is 9.18 Å². The second-order valence-electron chi connectivity index (χ2n) is 4.33. The third kappa shape index (κ3) is 3.80. The zero-order chi connectivity index (χ0) is 14.4. The fourth-order valence-corrected chi connectivity index (χ4v) is 1.84. The Balaban J connectivity index is 3.22. The lowest BCUT2D eigenvalue weighted by Gasteiger charge is -2.25. The number of hydrogen-bond acceptors (Lipinski definition) is 2. The predicted molar refractivity (Wildman–Crippen MR) is 72.2 cm³/mol. The van der Waals surface area contributed by atoms with E-state index in [4.69, 9.17) is 5.11 Å². The Labute approximate surface area is 113 Å². The first-order valence-corrected chi connectivity index (χ1v) is 6.21. The third-order valence-corrected chi connectivity index (χ3v) is 2.74. The molecule has 0 unspecified atom stereocenters. The van der Waals surface area contributed by atoms with Crippen molar-refractivity contribution in [2.24, 2.45) is 0 Å². The molecule has 19 heavy (non-hydrogen) atoms. The molecule has 0 atom stereocenters. The molecule has 1 aromatic rings. The summed E-state index contributed by atoms with van der Waals surface area (Å²) in [6.45, 7) is 5.97. The summed E-state index contributed by atoms with van der Waals surface area (Å²) in [6, 6.07) is 3.95. The Kier molecular flexibility index (Phi) is 5.53. The fourth-order valence-electron chi connectivity index (χ4n) is 1.84. The van der Waals surface area contributed by atoms with Crippen LogP contribution in [0.15, 0.2) is 18.2 Å². The van der Waals surface area contributed by atoms with Crippen LogP contribution in [0.1, 0.15) is 36.7 Å². The second-order valence-corrected chi connectivity index (χ2v) is 4.33. The number of benzene rings is 1. The number of carbonyl (C=O) groups excluding carboxylic acids is 1. The van der Waals surface area contributed by atoms with Crippen molar-refractivity contribution in [1.82, 2.24) is 4.90 Å². The molecule has 1 rings (SSSR count). The SMILES string of the molecule is CCN(C(=O)c1ccc(F)cc1C#CCO)C(C)C. The highest BCUT2D eigenvalue weighted by Crippen LogP contribution is 2.14. The number of halogens is 1. The molecular formula is C15H18FNO2. The molecule has 0 aliphatic carbocycles. The maximum Gasteiger partial charge on any atom is 0.255 e. The van der Waals surface area contributed by atoms with Gasteiger partial charge in [-0.05, 0) is 39.0 Å². The molecule has 0 radical (unpaired) electrons. The van der Waals surface area contributed by atoms with Crippen molar-refractivity contribution >= 4 is 5.91 Å². The summed E-state index contributed by atoms with van der Waals surface area (Å²) in [6.07, 6.45) is 0. The van der Waals surface area contributed by atoms with Crippen LogP contribution < -0.4 is 0 Å². The second kappa shape index (κ2) is 6.91. The number of amides is 1. The average Bonchev–Trinajstić information content (AvgIpc) is 2.36. The van der Waals surface area contributed by atoms with E-state index in [1.165, 1.54) is 18.2 Å². The van der Waals surface area contributed by atoms with Gasteiger partial charge in [-0.25, -0.2) is 4.39 Å². The van der Waals surface area contributed by atoms with E-state index in [0.717, 1.165) is 0 Å². The molecule has 1 N–H and O–H groups in total. The lowest BCUT2D eigenvalue weighted by atomic mass is 10.1. The van der Waals surface area contributed by atoms with Gasteiger partial charge >= 0.3 is 0 Å². The highest BCUT2D eigenvalue weighted by atomic mass is 19.1. The Morgan fingerprint density at radius 1 is 1.47 bits per heavy atom. The van der Waals surface area contributed by atoms with Gasteiger partial charge in [-0.2, -0.15) is 0 Å². The van der Waals surface area contributed by atoms with Crippen LogP contribution in [0.3, 0.4) is 0 Å². The van der Waals surface area contributed by atoms with Gasteiger partial charge in [0.25, 0.3) is 5.91 Å². The molecule has 0 aromatic heterocycles.